The van der Waals surface area contributed by atoms with Crippen molar-refractivity contribution >= 4 is 17.6 Å². The summed E-state index contributed by atoms with van der Waals surface area (Å²) in [5.74, 6) is 0.0178. The van der Waals surface area contributed by atoms with Gasteiger partial charge in [0.25, 0.3) is 5.91 Å². The third-order valence-electron chi connectivity index (χ3n) is 5.72. The Kier molecular flexibility index (Phi) is 5.29. The first-order valence-corrected chi connectivity index (χ1v) is 10.5. The van der Waals surface area contributed by atoms with Crippen LogP contribution in [0.25, 0.3) is 0 Å². The molecule has 0 radical (unpaired) electrons. The number of furan rings is 1. The maximum atomic E-state index is 13.4. The van der Waals surface area contributed by atoms with E-state index in [4.69, 9.17) is 4.42 Å². The third kappa shape index (κ3) is 3.80. The summed E-state index contributed by atoms with van der Waals surface area (Å²) in [6.45, 7) is 0.893. The lowest BCUT2D eigenvalue weighted by atomic mass is 9.90. The average Bonchev–Trinajstić information content (AvgIpc) is 3.51. The Labute approximate surface area is 185 Å². The van der Waals surface area contributed by atoms with Gasteiger partial charge in [0.1, 0.15) is 5.82 Å². The van der Waals surface area contributed by atoms with Crippen molar-refractivity contribution in [3.63, 3.8) is 0 Å². The van der Waals surface area contributed by atoms with Crippen LogP contribution in [0.1, 0.15) is 38.9 Å². The number of fused-ring (bicyclic) bond motifs is 1. The molecule has 2 aromatic heterocycles. The Morgan fingerprint density at radius 1 is 0.969 bits per heavy atom. The zero-order chi connectivity index (χ0) is 21.9. The Morgan fingerprint density at radius 3 is 2.28 bits per heavy atom. The van der Waals surface area contributed by atoms with E-state index < -0.39 is 5.92 Å². The minimum absolute atomic E-state index is 0.164. The smallest absolute Gasteiger partial charge is 0.289 e. The summed E-state index contributed by atoms with van der Waals surface area (Å²) >= 11 is 0. The molecular weight excluding hydrogens is 404 g/mol. The third-order valence-corrected chi connectivity index (χ3v) is 5.72. The van der Waals surface area contributed by atoms with E-state index in [2.05, 4.69) is 15.5 Å². The van der Waals surface area contributed by atoms with E-state index in [9.17, 15) is 9.59 Å². The van der Waals surface area contributed by atoms with E-state index in [-0.39, 0.29) is 11.8 Å². The van der Waals surface area contributed by atoms with Gasteiger partial charge in [-0.2, -0.15) is 5.10 Å². The van der Waals surface area contributed by atoms with Gasteiger partial charge in [0.05, 0.1) is 24.4 Å². The Hall–Kier alpha value is -4.13. The average molecular weight is 426 g/mol. The zero-order valence-electron chi connectivity index (χ0n) is 17.3. The van der Waals surface area contributed by atoms with Crippen molar-refractivity contribution in [1.82, 2.24) is 15.1 Å². The molecule has 4 aromatic rings. The quantitative estimate of drug-likeness (QED) is 0.505. The molecule has 2 amide bonds. The van der Waals surface area contributed by atoms with Crippen LogP contribution < -0.4 is 5.32 Å². The first kappa shape index (κ1) is 19.8. The summed E-state index contributed by atoms with van der Waals surface area (Å²) < 4.78 is 5.26. The normalized spacial score (nSPS) is 13.1. The number of carbonyl (C=O) groups excluding carboxylic acids is 2. The Bertz CT molecular complexity index is 1180. The van der Waals surface area contributed by atoms with Crippen molar-refractivity contribution in [3.05, 3.63) is 107 Å². The molecule has 160 valence electrons. The topological polar surface area (TPSA) is 91.2 Å². The fourth-order valence-electron chi connectivity index (χ4n) is 4.10. The van der Waals surface area contributed by atoms with E-state index in [1.54, 1.807) is 17.0 Å². The lowest BCUT2D eigenvalue weighted by Gasteiger charge is -2.26. The van der Waals surface area contributed by atoms with Gasteiger partial charge in [0.15, 0.2) is 5.76 Å². The Balaban J connectivity index is 1.40. The van der Waals surface area contributed by atoms with Crippen LogP contribution in [0.5, 0.6) is 0 Å². The lowest BCUT2D eigenvalue weighted by Crippen LogP contribution is -2.36. The minimum atomic E-state index is -0.471. The molecule has 0 unspecified atom stereocenters. The molecule has 0 aliphatic carbocycles. The van der Waals surface area contributed by atoms with Crippen LogP contribution >= 0.6 is 0 Å². The highest BCUT2D eigenvalue weighted by molar-refractivity contribution is 5.98. The number of hydrogen-bond donors (Lipinski definition) is 2. The van der Waals surface area contributed by atoms with Gasteiger partial charge in [-0.25, -0.2) is 0 Å². The molecule has 0 spiro atoms. The predicted octanol–water partition coefficient (Wildman–Crippen LogP) is 3.97. The van der Waals surface area contributed by atoms with Gasteiger partial charge < -0.3 is 14.6 Å². The van der Waals surface area contributed by atoms with Crippen molar-refractivity contribution < 1.29 is 14.0 Å². The van der Waals surface area contributed by atoms with Gasteiger partial charge in [-0.3, -0.25) is 14.7 Å². The standard InChI is InChI=1S/C25H22N4O3/c30-24(22(17-8-3-1-4-9-17)18-10-5-2-6-11-18)26-23-19-16-29(14-13-20(19)27-28-23)25(31)21-12-7-15-32-21/h1-12,15,22H,13-14,16H2,(H2,26,27,28,30). The van der Waals surface area contributed by atoms with E-state index in [0.717, 1.165) is 22.4 Å². The molecule has 2 N–H and O–H groups in total. The van der Waals surface area contributed by atoms with E-state index >= 15 is 0 Å². The lowest BCUT2D eigenvalue weighted by molar-refractivity contribution is -0.116. The molecule has 5 rings (SSSR count). The number of aromatic nitrogens is 2. The van der Waals surface area contributed by atoms with Crippen molar-refractivity contribution in [2.24, 2.45) is 0 Å². The number of carbonyl (C=O) groups is 2. The minimum Gasteiger partial charge on any atom is -0.459 e. The monoisotopic (exact) mass is 426 g/mol. The van der Waals surface area contributed by atoms with Gasteiger partial charge in [0, 0.05) is 18.5 Å². The maximum Gasteiger partial charge on any atom is 0.289 e. The van der Waals surface area contributed by atoms with E-state index in [0.29, 0.717) is 31.1 Å². The summed E-state index contributed by atoms with van der Waals surface area (Å²) in [5.41, 5.74) is 3.49. The molecule has 1 aliphatic heterocycles. The molecule has 0 saturated carbocycles. The molecular formula is C25H22N4O3. The first-order valence-electron chi connectivity index (χ1n) is 10.5. The van der Waals surface area contributed by atoms with Crippen LogP contribution in [0.15, 0.2) is 83.5 Å². The van der Waals surface area contributed by atoms with Crippen molar-refractivity contribution in [2.75, 3.05) is 11.9 Å². The largest absolute Gasteiger partial charge is 0.459 e. The second-order valence-electron chi connectivity index (χ2n) is 7.72. The fraction of sp³-hybridized carbons (Fsp3) is 0.160. The number of nitrogens with one attached hydrogen (secondary N) is 2. The summed E-state index contributed by atoms with van der Waals surface area (Å²) in [6.07, 6.45) is 2.09. The van der Waals surface area contributed by atoms with Crippen LogP contribution in [-0.2, 0) is 17.8 Å². The SMILES string of the molecule is O=C(Nc1[nH]nc2c1CN(C(=O)c1ccco1)CC2)C(c1ccccc1)c1ccccc1. The number of rotatable bonds is 5. The Morgan fingerprint density at radius 2 is 1.66 bits per heavy atom. The first-order chi connectivity index (χ1) is 15.7. The van der Waals surface area contributed by atoms with Crippen molar-refractivity contribution in [1.29, 1.82) is 0 Å². The number of H-pyrrole nitrogens is 1. The van der Waals surface area contributed by atoms with Crippen LogP contribution in [0.3, 0.4) is 0 Å². The second-order valence-corrected chi connectivity index (χ2v) is 7.72. The molecule has 0 fully saturated rings. The highest BCUT2D eigenvalue weighted by Gasteiger charge is 2.29. The highest BCUT2D eigenvalue weighted by atomic mass is 16.3. The van der Waals surface area contributed by atoms with E-state index in [1.165, 1.54) is 6.26 Å². The second kappa shape index (κ2) is 8.55. The summed E-state index contributed by atoms with van der Waals surface area (Å²) in [7, 11) is 0. The number of nitrogens with zero attached hydrogens (tertiary/aromatic N) is 2. The summed E-state index contributed by atoms with van der Waals surface area (Å²) in [4.78, 5) is 27.9. The number of amides is 2. The maximum absolute atomic E-state index is 13.4. The van der Waals surface area contributed by atoms with Gasteiger partial charge in [-0.1, -0.05) is 60.7 Å². The molecule has 7 nitrogen and oxygen atoms in total. The zero-order valence-corrected chi connectivity index (χ0v) is 17.3. The van der Waals surface area contributed by atoms with Crippen LogP contribution in [-0.4, -0.2) is 33.5 Å². The number of aromatic amines is 1. The van der Waals surface area contributed by atoms with Crippen LogP contribution in [0.4, 0.5) is 5.82 Å². The molecule has 0 saturated heterocycles. The summed E-state index contributed by atoms with van der Waals surface area (Å²) in [5, 5.41) is 10.3. The molecule has 32 heavy (non-hydrogen) atoms. The number of hydrogen-bond acceptors (Lipinski definition) is 4. The van der Waals surface area contributed by atoms with Gasteiger partial charge in [-0.15, -0.1) is 0 Å². The van der Waals surface area contributed by atoms with Gasteiger partial charge in [0.2, 0.25) is 5.91 Å². The molecule has 3 heterocycles. The fourth-order valence-corrected chi connectivity index (χ4v) is 4.10. The van der Waals surface area contributed by atoms with Crippen LogP contribution in [0.2, 0.25) is 0 Å². The predicted molar refractivity (Wildman–Crippen MR) is 119 cm³/mol. The number of benzene rings is 2. The molecule has 1 aliphatic rings. The summed E-state index contributed by atoms with van der Waals surface area (Å²) in [6, 6.07) is 22.7. The van der Waals surface area contributed by atoms with Crippen LogP contribution in [0, 0.1) is 0 Å². The van der Waals surface area contributed by atoms with Crippen molar-refractivity contribution in [3.8, 4) is 0 Å². The highest BCUT2D eigenvalue weighted by Crippen LogP contribution is 2.29. The van der Waals surface area contributed by atoms with E-state index in [1.807, 2.05) is 60.7 Å². The molecule has 0 atom stereocenters. The number of anilines is 1. The van der Waals surface area contributed by atoms with Gasteiger partial charge in [-0.05, 0) is 23.3 Å². The van der Waals surface area contributed by atoms with Crippen molar-refractivity contribution in [2.45, 2.75) is 18.9 Å². The molecule has 2 aromatic carbocycles. The molecule has 0 bridgehead atoms. The van der Waals surface area contributed by atoms with Gasteiger partial charge >= 0.3 is 0 Å². The molecule has 7 heteroatoms.